The van der Waals surface area contributed by atoms with Crippen molar-refractivity contribution < 1.29 is 19.0 Å². The summed E-state index contributed by atoms with van der Waals surface area (Å²) < 4.78 is 16.3. The number of ether oxygens (including phenoxy) is 3. The lowest BCUT2D eigenvalue weighted by molar-refractivity contribution is -0.133. The molecule has 3 rings (SSSR count). The summed E-state index contributed by atoms with van der Waals surface area (Å²) in [4.78, 5) is 14.4. The fourth-order valence-electron chi connectivity index (χ4n) is 3.03. The molecular weight excluding hydrogens is 366 g/mol. The van der Waals surface area contributed by atoms with Gasteiger partial charge in [0.15, 0.2) is 11.5 Å². The molecule has 0 N–H and O–H groups in total. The van der Waals surface area contributed by atoms with Crippen molar-refractivity contribution in [2.45, 2.75) is 6.10 Å². The number of carbonyl (C=O) groups is 1. The maximum atomic E-state index is 12.6. The summed E-state index contributed by atoms with van der Waals surface area (Å²) >= 11 is 6.21. The monoisotopic (exact) mass is 387 g/mol. The van der Waals surface area contributed by atoms with Crippen molar-refractivity contribution in [2.24, 2.45) is 0 Å². The van der Waals surface area contributed by atoms with E-state index in [0.717, 1.165) is 11.1 Å². The molecule has 142 valence electrons. The molecule has 2 aromatic carbocycles. The van der Waals surface area contributed by atoms with E-state index in [9.17, 15) is 4.79 Å². The van der Waals surface area contributed by atoms with Crippen LogP contribution in [0.25, 0.3) is 6.08 Å². The molecule has 6 heteroatoms. The lowest BCUT2D eigenvalue weighted by Gasteiger charge is -2.32. The van der Waals surface area contributed by atoms with Crippen LogP contribution in [-0.2, 0) is 9.53 Å². The van der Waals surface area contributed by atoms with E-state index in [1.165, 1.54) is 7.11 Å². The SMILES string of the molecule is COc1cc(/C=C/C(=O)N2CCOC(c3ccccc3)C2)cc(Cl)c1OC. The van der Waals surface area contributed by atoms with Crippen LogP contribution in [-0.4, -0.2) is 44.7 Å². The number of amides is 1. The van der Waals surface area contributed by atoms with Gasteiger partial charge in [-0.05, 0) is 29.3 Å². The minimum atomic E-state index is -0.104. The Labute approximate surface area is 164 Å². The van der Waals surface area contributed by atoms with Crippen LogP contribution in [0.2, 0.25) is 5.02 Å². The second kappa shape index (κ2) is 8.93. The highest BCUT2D eigenvalue weighted by atomic mass is 35.5. The van der Waals surface area contributed by atoms with Gasteiger partial charge < -0.3 is 19.1 Å². The molecule has 1 saturated heterocycles. The average Bonchev–Trinajstić information content (AvgIpc) is 2.72. The van der Waals surface area contributed by atoms with Crippen molar-refractivity contribution in [3.05, 3.63) is 64.7 Å². The maximum absolute atomic E-state index is 12.6. The van der Waals surface area contributed by atoms with Gasteiger partial charge in [0.05, 0.1) is 32.4 Å². The number of rotatable bonds is 5. The predicted molar refractivity (Wildman–Crippen MR) is 105 cm³/mol. The standard InChI is InChI=1S/C21H22ClNO4/c1-25-18-13-15(12-17(22)21(18)26-2)8-9-20(24)23-10-11-27-19(14-23)16-6-4-3-5-7-16/h3-9,12-13,19H,10-11,14H2,1-2H3/b9-8+. The number of morpholine rings is 1. The molecule has 1 heterocycles. The minimum Gasteiger partial charge on any atom is -0.493 e. The molecule has 27 heavy (non-hydrogen) atoms. The summed E-state index contributed by atoms with van der Waals surface area (Å²) in [7, 11) is 3.08. The summed E-state index contributed by atoms with van der Waals surface area (Å²) in [6.45, 7) is 1.61. The van der Waals surface area contributed by atoms with Crippen LogP contribution in [0.5, 0.6) is 11.5 Å². The number of hydrogen-bond donors (Lipinski definition) is 0. The molecular formula is C21H22ClNO4. The summed E-state index contributed by atoms with van der Waals surface area (Å²) in [5.41, 5.74) is 1.84. The van der Waals surface area contributed by atoms with Crippen LogP contribution in [0.1, 0.15) is 17.2 Å². The normalized spacial score (nSPS) is 17.1. The van der Waals surface area contributed by atoms with Gasteiger partial charge in [0.25, 0.3) is 0 Å². The molecule has 1 atom stereocenters. The summed E-state index contributed by atoms with van der Waals surface area (Å²) in [6.07, 6.45) is 3.17. The quantitative estimate of drug-likeness (QED) is 0.728. The smallest absolute Gasteiger partial charge is 0.246 e. The molecule has 0 radical (unpaired) electrons. The van der Waals surface area contributed by atoms with Crippen LogP contribution in [0, 0.1) is 0 Å². The van der Waals surface area contributed by atoms with Gasteiger partial charge in [-0.2, -0.15) is 0 Å². The van der Waals surface area contributed by atoms with E-state index >= 15 is 0 Å². The molecule has 1 amide bonds. The van der Waals surface area contributed by atoms with Gasteiger partial charge in [-0.3, -0.25) is 4.79 Å². The molecule has 2 aromatic rings. The van der Waals surface area contributed by atoms with Gasteiger partial charge in [0.1, 0.15) is 6.10 Å². The van der Waals surface area contributed by atoms with Crippen molar-refractivity contribution in [1.29, 1.82) is 0 Å². The third kappa shape index (κ3) is 4.62. The van der Waals surface area contributed by atoms with Crippen molar-refractivity contribution in [3.63, 3.8) is 0 Å². The van der Waals surface area contributed by atoms with Crippen LogP contribution in [0.15, 0.2) is 48.5 Å². The van der Waals surface area contributed by atoms with Gasteiger partial charge in [-0.15, -0.1) is 0 Å². The molecule has 0 spiro atoms. The van der Waals surface area contributed by atoms with Gasteiger partial charge in [0, 0.05) is 12.6 Å². The number of halogens is 1. The van der Waals surface area contributed by atoms with Gasteiger partial charge in [-0.25, -0.2) is 0 Å². The first kappa shape index (κ1) is 19.3. The Balaban J connectivity index is 1.70. The molecule has 1 unspecified atom stereocenters. The zero-order chi connectivity index (χ0) is 19.2. The first-order valence-corrected chi connectivity index (χ1v) is 9.05. The van der Waals surface area contributed by atoms with Gasteiger partial charge >= 0.3 is 0 Å². The number of benzene rings is 2. The van der Waals surface area contributed by atoms with E-state index in [-0.39, 0.29) is 12.0 Å². The third-order valence-electron chi connectivity index (χ3n) is 4.42. The fourth-order valence-corrected chi connectivity index (χ4v) is 3.32. The number of hydrogen-bond acceptors (Lipinski definition) is 4. The van der Waals surface area contributed by atoms with Crippen molar-refractivity contribution in [3.8, 4) is 11.5 Å². The first-order chi connectivity index (χ1) is 13.1. The zero-order valence-corrected chi connectivity index (χ0v) is 16.1. The molecule has 0 aromatic heterocycles. The molecule has 0 aliphatic carbocycles. The van der Waals surface area contributed by atoms with Crippen LogP contribution >= 0.6 is 11.6 Å². The van der Waals surface area contributed by atoms with Crippen molar-refractivity contribution >= 4 is 23.6 Å². The fraction of sp³-hybridized carbons (Fsp3) is 0.286. The van der Waals surface area contributed by atoms with Crippen LogP contribution in [0.4, 0.5) is 0 Å². The topological polar surface area (TPSA) is 48.0 Å². The van der Waals surface area contributed by atoms with Crippen LogP contribution < -0.4 is 9.47 Å². The van der Waals surface area contributed by atoms with Gasteiger partial charge in [-0.1, -0.05) is 41.9 Å². The lowest BCUT2D eigenvalue weighted by Crippen LogP contribution is -2.41. The van der Waals surface area contributed by atoms with Gasteiger partial charge in [0.2, 0.25) is 5.91 Å². The highest BCUT2D eigenvalue weighted by Gasteiger charge is 2.24. The third-order valence-corrected chi connectivity index (χ3v) is 4.70. The summed E-state index contributed by atoms with van der Waals surface area (Å²) in [5.74, 6) is 0.930. The first-order valence-electron chi connectivity index (χ1n) is 8.67. The molecule has 1 aliphatic heterocycles. The summed E-state index contributed by atoms with van der Waals surface area (Å²) in [5, 5.41) is 0.430. The van der Waals surface area contributed by atoms with E-state index in [2.05, 4.69) is 0 Å². The molecule has 0 saturated carbocycles. The van der Waals surface area contributed by atoms with Crippen molar-refractivity contribution in [2.75, 3.05) is 33.9 Å². The number of nitrogens with zero attached hydrogens (tertiary/aromatic N) is 1. The zero-order valence-electron chi connectivity index (χ0n) is 15.4. The van der Waals surface area contributed by atoms with Crippen molar-refractivity contribution in [1.82, 2.24) is 4.90 Å². The highest BCUT2D eigenvalue weighted by Crippen LogP contribution is 2.36. The van der Waals surface area contributed by atoms with E-state index in [1.807, 2.05) is 30.3 Å². The Kier molecular flexibility index (Phi) is 6.37. The Morgan fingerprint density at radius 3 is 2.70 bits per heavy atom. The minimum absolute atomic E-state index is 0.0647. The Bertz CT molecular complexity index is 822. The number of methoxy groups -OCH3 is 2. The average molecular weight is 388 g/mol. The Hall–Kier alpha value is -2.50. The lowest BCUT2D eigenvalue weighted by atomic mass is 10.1. The van der Waals surface area contributed by atoms with E-state index < -0.39 is 0 Å². The second-order valence-corrected chi connectivity index (χ2v) is 6.53. The molecule has 5 nitrogen and oxygen atoms in total. The van der Waals surface area contributed by atoms with Crippen LogP contribution in [0.3, 0.4) is 0 Å². The molecule has 1 aliphatic rings. The van der Waals surface area contributed by atoms with E-state index in [4.69, 9.17) is 25.8 Å². The molecule has 1 fully saturated rings. The van der Waals surface area contributed by atoms with E-state index in [0.29, 0.717) is 36.2 Å². The molecule has 0 bridgehead atoms. The highest BCUT2D eigenvalue weighted by molar-refractivity contribution is 6.32. The Morgan fingerprint density at radius 1 is 1.22 bits per heavy atom. The predicted octanol–water partition coefficient (Wildman–Crippen LogP) is 3.97. The largest absolute Gasteiger partial charge is 0.493 e. The second-order valence-electron chi connectivity index (χ2n) is 6.13. The van der Waals surface area contributed by atoms with E-state index in [1.54, 1.807) is 36.3 Å². The summed E-state index contributed by atoms with van der Waals surface area (Å²) in [6, 6.07) is 13.5. The Morgan fingerprint density at radius 2 is 2.00 bits per heavy atom. The maximum Gasteiger partial charge on any atom is 0.246 e. The number of carbonyl (C=O) groups excluding carboxylic acids is 1.